The average molecular weight is 223 g/mol. The normalized spacial score (nSPS) is 11.6. The van der Waals surface area contributed by atoms with Gasteiger partial charge >= 0.3 is 0 Å². The number of hydrogen-bond acceptors (Lipinski definition) is 3. The van der Waals surface area contributed by atoms with Gasteiger partial charge in [0.25, 0.3) is 0 Å². The first-order chi connectivity index (χ1) is 7.65. The van der Waals surface area contributed by atoms with E-state index < -0.39 is 0 Å². The number of nitrogens with one attached hydrogen (secondary N) is 1. The minimum Gasteiger partial charge on any atom is -0.493 e. The van der Waals surface area contributed by atoms with E-state index in [-0.39, 0.29) is 0 Å². The van der Waals surface area contributed by atoms with Crippen LogP contribution in [0.2, 0.25) is 0 Å². The number of aryl methyl sites for hydroxylation is 1. The minimum absolute atomic E-state index is 0.541. The SMILES string of the molecule is COc1cnn(C)c1/C=C/CCNC(C)C. The van der Waals surface area contributed by atoms with E-state index in [1.807, 2.05) is 17.8 Å². The van der Waals surface area contributed by atoms with Crippen LogP contribution in [-0.4, -0.2) is 29.5 Å². The lowest BCUT2D eigenvalue weighted by Crippen LogP contribution is -2.23. The summed E-state index contributed by atoms with van der Waals surface area (Å²) in [5.41, 5.74) is 1.01. The zero-order valence-corrected chi connectivity index (χ0v) is 10.5. The molecule has 0 radical (unpaired) electrons. The smallest absolute Gasteiger partial charge is 0.164 e. The zero-order chi connectivity index (χ0) is 12.0. The monoisotopic (exact) mass is 223 g/mol. The Morgan fingerprint density at radius 2 is 2.31 bits per heavy atom. The molecule has 0 saturated carbocycles. The van der Waals surface area contributed by atoms with Crippen molar-refractivity contribution in [1.29, 1.82) is 0 Å². The predicted octanol–water partition coefficient (Wildman–Crippen LogP) is 1.83. The third kappa shape index (κ3) is 3.70. The summed E-state index contributed by atoms with van der Waals surface area (Å²) in [4.78, 5) is 0. The van der Waals surface area contributed by atoms with E-state index in [0.717, 1.165) is 24.4 Å². The summed E-state index contributed by atoms with van der Waals surface area (Å²) in [5.74, 6) is 0.815. The van der Waals surface area contributed by atoms with Gasteiger partial charge in [-0.1, -0.05) is 19.9 Å². The quantitative estimate of drug-likeness (QED) is 0.748. The predicted molar refractivity (Wildman–Crippen MR) is 66.5 cm³/mol. The van der Waals surface area contributed by atoms with E-state index in [0.29, 0.717) is 6.04 Å². The van der Waals surface area contributed by atoms with Crippen LogP contribution in [0.1, 0.15) is 26.0 Å². The fourth-order valence-corrected chi connectivity index (χ4v) is 1.42. The van der Waals surface area contributed by atoms with Gasteiger partial charge in [0.2, 0.25) is 0 Å². The van der Waals surface area contributed by atoms with Crippen LogP contribution in [0.25, 0.3) is 6.08 Å². The van der Waals surface area contributed by atoms with E-state index in [4.69, 9.17) is 4.74 Å². The van der Waals surface area contributed by atoms with Crippen LogP contribution in [0.4, 0.5) is 0 Å². The van der Waals surface area contributed by atoms with Crippen molar-refractivity contribution in [1.82, 2.24) is 15.1 Å². The second-order valence-corrected chi connectivity index (χ2v) is 4.02. The van der Waals surface area contributed by atoms with Crippen molar-refractivity contribution in [3.8, 4) is 5.75 Å². The molecule has 0 aliphatic rings. The second kappa shape index (κ2) is 6.33. The van der Waals surface area contributed by atoms with E-state index >= 15 is 0 Å². The Bertz CT molecular complexity index is 342. The first-order valence-electron chi connectivity index (χ1n) is 5.61. The number of aromatic nitrogens is 2. The Kier molecular flexibility index (Phi) is 5.05. The van der Waals surface area contributed by atoms with Crippen molar-refractivity contribution in [2.24, 2.45) is 7.05 Å². The van der Waals surface area contributed by atoms with Gasteiger partial charge in [0.1, 0.15) is 5.69 Å². The number of methoxy groups -OCH3 is 1. The van der Waals surface area contributed by atoms with Crippen LogP contribution < -0.4 is 10.1 Å². The van der Waals surface area contributed by atoms with Crippen molar-refractivity contribution < 1.29 is 4.74 Å². The summed E-state index contributed by atoms with van der Waals surface area (Å²) in [7, 11) is 3.57. The molecule has 1 N–H and O–H groups in total. The topological polar surface area (TPSA) is 39.1 Å². The molecule has 0 saturated heterocycles. The van der Waals surface area contributed by atoms with Crippen LogP contribution in [0.3, 0.4) is 0 Å². The van der Waals surface area contributed by atoms with Gasteiger partial charge in [-0.3, -0.25) is 4.68 Å². The lowest BCUT2D eigenvalue weighted by molar-refractivity contribution is 0.413. The Morgan fingerprint density at radius 1 is 1.56 bits per heavy atom. The molecule has 0 amide bonds. The Labute approximate surface area is 97.3 Å². The number of nitrogens with zero attached hydrogens (tertiary/aromatic N) is 2. The highest BCUT2D eigenvalue weighted by atomic mass is 16.5. The van der Waals surface area contributed by atoms with E-state index in [1.54, 1.807) is 13.3 Å². The van der Waals surface area contributed by atoms with E-state index in [9.17, 15) is 0 Å². The average Bonchev–Trinajstić information content (AvgIpc) is 2.59. The molecule has 1 rings (SSSR count). The molecule has 0 spiro atoms. The summed E-state index contributed by atoms with van der Waals surface area (Å²) in [6.45, 7) is 5.29. The number of rotatable bonds is 6. The summed E-state index contributed by atoms with van der Waals surface area (Å²) in [6.07, 6.45) is 6.92. The second-order valence-electron chi connectivity index (χ2n) is 4.02. The van der Waals surface area contributed by atoms with E-state index in [1.165, 1.54) is 0 Å². The molecule has 1 aromatic rings. The lowest BCUT2D eigenvalue weighted by atomic mass is 10.3. The first kappa shape index (κ1) is 12.8. The first-order valence-corrected chi connectivity index (χ1v) is 5.61. The Balaban J connectivity index is 2.46. The van der Waals surface area contributed by atoms with E-state index in [2.05, 4.69) is 30.3 Å². The third-order valence-corrected chi connectivity index (χ3v) is 2.31. The van der Waals surface area contributed by atoms with Crippen molar-refractivity contribution >= 4 is 6.08 Å². The molecule has 0 atom stereocenters. The van der Waals surface area contributed by atoms with Crippen molar-refractivity contribution in [2.75, 3.05) is 13.7 Å². The Morgan fingerprint density at radius 3 is 2.94 bits per heavy atom. The maximum Gasteiger partial charge on any atom is 0.164 e. The molecule has 0 aliphatic heterocycles. The zero-order valence-electron chi connectivity index (χ0n) is 10.5. The molecule has 0 fully saturated rings. The molecule has 4 heteroatoms. The number of ether oxygens (including phenoxy) is 1. The largest absolute Gasteiger partial charge is 0.493 e. The fraction of sp³-hybridized carbons (Fsp3) is 0.583. The fourth-order valence-electron chi connectivity index (χ4n) is 1.42. The van der Waals surface area contributed by atoms with Crippen LogP contribution in [-0.2, 0) is 7.05 Å². The van der Waals surface area contributed by atoms with Gasteiger partial charge in [-0.15, -0.1) is 0 Å². The summed E-state index contributed by atoms with van der Waals surface area (Å²) in [5, 5.41) is 7.50. The Hall–Kier alpha value is -1.29. The molecule has 1 aromatic heterocycles. The molecule has 4 nitrogen and oxygen atoms in total. The highest BCUT2D eigenvalue weighted by Gasteiger charge is 2.03. The summed E-state index contributed by atoms with van der Waals surface area (Å²) < 4.78 is 7.02. The van der Waals surface area contributed by atoms with Gasteiger partial charge in [0.15, 0.2) is 5.75 Å². The van der Waals surface area contributed by atoms with Crippen LogP contribution in [0.15, 0.2) is 12.3 Å². The molecule has 0 aromatic carbocycles. The summed E-state index contributed by atoms with van der Waals surface area (Å²) >= 11 is 0. The summed E-state index contributed by atoms with van der Waals surface area (Å²) in [6, 6.07) is 0.541. The minimum atomic E-state index is 0.541. The molecule has 0 unspecified atom stereocenters. The van der Waals surface area contributed by atoms with Crippen molar-refractivity contribution in [3.05, 3.63) is 18.0 Å². The van der Waals surface area contributed by atoms with Crippen LogP contribution >= 0.6 is 0 Å². The molecule has 0 bridgehead atoms. The van der Waals surface area contributed by atoms with Gasteiger partial charge in [0.05, 0.1) is 13.3 Å². The van der Waals surface area contributed by atoms with Crippen molar-refractivity contribution in [3.63, 3.8) is 0 Å². The highest BCUT2D eigenvalue weighted by molar-refractivity contribution is 5.52. The lowest BCUT2D eigenvalue weighted by Gasteiger charge is -2.05. The van der Waals surface area contributed by atoms with Crippen LogP contribution in [0.5, 0.6) is 5.75 Å². The standard InChI is InChI=1S/C12H21N3O/c1-10(2)13-8-6-5-7-11-12(16-4)9-14-15(11)3/h5,7,9-10,13H,6,8H2,1-4H3/b7-5+. The maximum absolute atomic E-state index is 5.21. The van der Waals surface area contributed by atoms with Crippen molar-refractivity contribution in [2.45, 2.75) is 26.3 Å². The maximum atomic E-state index is 5.21. The molecule has 0 aliphatic carbocycles. The molecule has 1 heterocycles. The molecular weight excluding hydrogens is 202 g/mol. The highest BCUT2D eigenvalue weighted by Crippen LogP contribution is 2.17. The van der Waals surface area contributed by atoms with Gasteiger partial charge in [0, 0.05) is 13.1 Å². The van der Waals surface area contributed by atoms with Gasteiger partial charge in [-0.2, -0.15) is 5.10 Å². The van der Waals surface area contributed by atoms with Gasteiger partial charge in [-0.05, 0) is 19.0 Å². The van der Waals surface area contributed by atoms with Gasteiger partial charge < -0.3 is 10.1 Å². The molecule has 90 valence electrons. The molecular formula is C12H21N3O. The molecule has 16 heavy (non-hydrogen) atoms. The third-order valence-electron chi connectivity index (χ3n) is 2.31. The number of hydrogen-bond donors (Lipinski definition) is 1. The van der Waals surface area contributed by atoms with Crippen LogP contribution in [0, 0.1) is 0 Å². The van der Waals surface area contributed by atoms with Gasteiger partial charge in [-0.25, -0.2) is 0 Å².